The summed E-state index contributed by atoms with van der Waals surface area (Å²) in [6, 6.07) is 3.63. The summed E-state index contributed by atoms with van der Waals surface area (Å²) in [7, 11) is 0. The lowest BCUT2D eigenvalue weighted by molar-refractivity contribution is -0.119. The van der Waals surface area contributed by atoms with Crippen LogP contribution in [0.15, 0.2) is 18.2 Å². The Balaban J connectivity index is 2.08. The van der Waals surface area contributed by atoms with Crippen LogP contribution in [0.2, 0.25) is 0 Å². The van der Waals surface area contributed by atoms with Crippen LogP contribution in [0, 0.1) is 5.21 Å². The molecule has 19 heavy (non-hydrogen) atoms. The molecular weight excluding hydrogens is 250 g/mol. The summed E-state index contributed by atoms with van der Waals surface area (Å²) >= 11 is 0. The average Bonchev–Trinajstić information content (AvgIpc) is 2.84. The Morgan fingerprint density at radius 2 is 2.21 bits per heavy atom. The van der Waals surface area contributed by atoms with E-state index in [-0.39, 0.29) is 28.3 Å². The van der Waals surface area contributed by atoms with Gasteiger partial charge in [0.05, 0.1) is 16.9 Å². The molecule has 2 aliphatic rings. The van der Waals surface area contributed by atoms with Gasteiger partial charge in [0.2, 0.25) is 5.91 Å². The van der Waals surface area contributed by atoms with Gasteiger partial charge in [0, 0.05) is 6.54 Å². The van der Waals surface area contributed by atoms with Crippen LogP contribution in [0.25, 0.3) is 0 Å². The highest BCUT2D eigenvalue weighted by Crippen LogP contribution is 2.30. The van der Waals surface area contributed by atoms with E-state index in [9.17, 15) is 14.8 Å². The van der Waals surface area contributed by atoms with E-state index < -0.39 is 6.04 Å². The molecule has 3 rings (SSSR count). The lowest BCUT2D eigenvalue weighted by Gasteiger charge is -2.23. The van der Waals surface area contributed by atoms with Crippen LogP contribution in [0.4, 0.5) is 11.4 Å². The first-order valence-corrected chi connectivity index (χ1v) is 6.00. The topological polar surface area (TPSA) is 95.9 Å². The van der Waals surface area contributed by atoms with E-state index in [4.69, 9.17) is 5.21 Å². The summed E-state index contributed by atoms with van der Waals surface area (Å²) in [5, 5.41) is 22.1. The summed E-state index contributed by atoms with van der Waals surface area (Å²) in [6.45, 7) is 0.529. The normalized spacial score (nSPS) is 21.6. The molecule has 1 aromatic carbocycles. The molecular formula is C12H12N3O4-. The summed E-state index contributed by atoms with van der Waals surface area (Å²) in [5.41, 5.74) is 0.555. The molecule has 2 aliphatic heterocycles. The highest BCUT2D eigenvalue weighted by molar-refractivity contribution is 6.10. The average molecular weight is 262 g/mol. The van der Waals surface area contributed by atoms with Crippen molar-refractivity contribution in [3.63, 3.8) is 0 Å². The van der Waals surface area contributed by atoms with Gasteiger partial charge in [-0.1, -0.05) is 0 Å². The number of anilines is 2. The lowest BCUT2D eigenvalue weighted by atomic mass is 10.1. The zero-order valence-electron chi connectivity index (χ0n) is 10.00. The number of fused-ring (bicyclic) bond motifs is 2. The Morgan fingerprint density at radius 1 is 1.42 bits per heavy atom. The Hall–Kier alpha value is -2.12. The third kappa shape index (κ3) is 1.83. The second kappa shape index (κ2) is 4.22. The smallest absolute Gasteiger partial charge is 0.256 e. The monoisotopic (exact) mass is 262 g/mol. The number of carbonyl (C=O) groups is 2. The fraction of sp³-hybridized carbons (Fsp3) is 0.333. The van der Waals surface area contributed by atoms with Crippen LogP contribution in [0.3, 0.4) is 0 Å². The van der Waals surface area contributed by atoms with E-state index >= 15 is 0 Å². The second-order valence-corrected chi connectivity index (χ2v) is 4.65. The Labute approximate surface area is 108 Å². The lowest BCUT2D eigenvalue weighted by Crippen LogP contribution is -2.40. The third-order valence-electron chi connectivity index (χ3n) is 3.53. The van der Waals surface area contributed by atoms with Crippen molar-refractivity contribution in [3.8, 4) is 0 Å². The summed E-state index contributed by atoms with van der Waals surface area (Å²) < 4.78 is 0. The quantitative estimate of drug-likeness (QED) is 0.734. The maximum absolute atomic E-state index is 12.4. The van der Waals surface area contributed by atoms with E-state index in [0.717, 1.165) is 6.42 Å². The van der Waals surface area contributed by atoms with Gasteiger partial charge in [-0.3, -0.25) is 14.8 Å². The number of carbonyl (C=O) groups excluding carboxylic acids is 2. The number of rotatable bonds is 1. The summed E-state index contributed by atoms with van der Waals surface area (Å²) in [5.74, 6) is -0.500. The molecule has 7 heteroatoms. The van der Waals surface area contributed by atoms with Crippen molar-refractivity contribution in [2.24, 2.45) is 0 Å². The molecule has 0 unspecified atom stereocenters. The summed E-state index contributed by atoms with van der Waals surface area (Å²) in [6.07, 6.45) is 1.43. The second-order valence-electron chi connectivity index (χ2n) is 4.65. The number of amides is 2. The zero-order chi connectivity index (χ0) is 13.6. The molecule has 0 bridgehead atoms. The van der Waals surface area contributed by atoms with Gasteiger partial charge in [-0.05, 0) is 31.0 Å². The number of hydrogen-bond donors (Lipinski definition) is 2. The Morgan fingerprint density at radius 3 is 2.95 bits per heavy atom. The molecule has 0 aromatic heterocycles. The molecule has 0 spiro atoms. The Bertz CT molecular complexity index is 558. The molecule has 2 amide bonds. The zero-order valence-corrected chi connectivity index (χ0v) is 10.00. The number of nitrogens with zero attached hydrogens (tertiary/aromatic N) is 2. The Kier molecular flexibility index (Phi) is 2.65. The van der Waals surface area contributed by atoms with E-state index in [2.05, 4.69) is 5.32 Å². The fourth-order valence-corrected chi connectivity index (χ4v) is 2.59. The molecule has 0 aliphatic carbocycles. The maximum Gasteiger partial charge on any atom is 0.256 e. The minimum absolute atomic E-state index is 0.0426. The van der Waals surface area contributed by atoms with Crippen LogP contribution in [0.5, 0.6) is 0 Å². The first-order chi connectivity index (χ1) is 9.08. The van der Waals surface area contributed by atoms with Gasteiger partial charge in [-0.2, -0.15) is 0 Å². The van der Waals surface area contributed by atoms with E-state index in [1.807, 2.05) is 0 Å². The van der Waals surface area contributed by atoms with Gasteiger partial charge in [0.1, 0.15) is 6.04 Å². The van der Waals surface area contributed by atoms with Crippen LogP contribution in [-0.2, 0) is 4.79 Å². The maximum atomic E-state index is 12.4. The van der Waals surface area contributed by atoms with E-state index in [1.165, 1.54) is 23.1 Å². The number of benzene rings is 1. The molecule has 1 fully saturated rings. The highest BCUT2D eigenvalue weighted by atomic mass is 16.8. The van der Waals surface area contributed by atoms with Gasteiger partial charge in [-0.15, -0.1) is 0 Å². The van der Waals surface area contributed by atoms with Gasteiger partial charge < -0.3 is 20.7 Å². The van der Waals surface area contributed by atoms with Crippen molar-refractivity contribution in [3.05, 3.63) is 29.0 Å². The highest BCUT2D eigenvalue weighted by Gasteiger charge is 2.38. The fourth-order valence-electron chi connectivity index (χ4n) is 2.59. The molecule has 1 aromatic rings. The van der Waals surface area contributed by atoms with Crippen molar-refractivity contribution < 1.29 is 14.8 Å². The van der Waals surface area contributed by atoms with E-state index in [0.29, 0.717) is 18.7 Å². The molecule has 0 radical (unpaired) electrons. The van der Waals surface area contributed by atoms with Crippen molar-refractivity contribution in [2.45, 2.75) is 18.9 Å². The van der Waals surface area contributed by atoms with E-state index in [1.54, 1.807) is 0 Å². The van der Waals surface area contributed by atoms with Gasteiger partial charge >= 0.3 is 0 Å². The van der Waals surface area contributed by atoms with Crippen molar-refractivity contribution in [1.29, 1.82) is 0 Å². The number of hydrogen-bond acceptors (Lipinski definition) is 5. The van der Waals surface area contributed by atoms with Crippen LogP contribution in [0.1, 0.15) is 23.2 Å². The van der Waals surface area contributed by atoms with Gasteiger partial charge in [0.25, 0.3) is 5.91 Å². The third-order valence-corrected chi connectivity index (χ3v) is 3.53. The van der Waals surface area contributed by atoms with Crippen molar-refractivity contribution in [2.75, 3.05) is 17.1 Å². The molecule has 2 N–H and O–H groups in total. The largest absolute Gasteiger partial charge is 0.733 e. The van der Waals surface area contributed by atoms with Crippen LogP contribution in [-0.4, -0.2) is 34.5 Å². The number of nitrogens with one attached hydrogen (secondary N) is 1. The molecule has 2 heterocycles. The predicted molar refractivity (Wildman–Crippen MR) is 66.8 cm³/mol. The van der Waals surface area contributed by atoms with Crippen LogP contribution < -0.4 is 10.5 Å². The first kappa shape index (κ1) is 11.9. The first-order valence-electron chi connectivity index (χ1n) is 6.00. The van der Waals surface area contributed by atoms with Crippen molar-refractivity contribution in [1.82, 2.24) is 4.90 Å². The molecule has 0 saturated carbocycles. The minimum Gasteiger partial charge on any atom is -0.733 e. The SMILES string of the molecule is O=C1Nc2ccc(N([O-])O)cc2C(=O)N2CCC[C@@H]12. The van der Waals surface area contributed by atoms with Gasteiger partial charge in [-0.25, -0.2) is 0 Å². The minimum atomic E-state index is -0.444. The predicted octanol–water partition coefficient (Wildman–Crippen LogP) is 0.937. The molecule has 1 atom stereocenters. The van der Waals surface area contributed by atoms with Crippen molar-refractivity contribution >= 4 is 23.2 Å². The van der Waals surface area contributed by atoms with Crippen LogP contribution >= 0.6 is 0 Å². The summed E-state index contributed by atoms with van der Waals surface area (Å²) in [4.78, 5) is 25.9. The molecule has 1 saturated heterocycles. The molecule has 7 nitrogen and oxygen atoms in total. The molecule has 100 valence electrons. The van der Waals surface area contributed by atoms with Gasteiger partial charge in [0.15, 0.2) is 0 Å². The standard InChI is InChI=1S/C12H12N3O4/c16-11-10-2-1-5-14(10)12(17)8-6-7(15(18)19)3-4-9(8)13-11/h3-4,6,10,18H,1-2,5H2,(H,13,16)/q-1/t10-/m0/s1.